The lowest BCUT2D eigenvalue weighted by Gasteiger charge is -2.13. The molecule has 0 heterocycles. The van der Waals surface area contributed by atoms with Crippen LogP contribution in [0.2, 0.25) is 0 Å². The van der Waals surface area contributed by atoms with E-state index < -0.39 is 12.1 Å². The molecule has 1 aromatic rings. The number of hydrogen-bond donors (Lipinski definition) is 1. The van der Waals surface area contributed by atoms with Crippen molar-refractivity contribution in [3.8, 4) is 11.5 Å². The second-order valence-corrected chi connectivity index (χ2v) is 4.04. The number of nitrogens with one attached hydrogen (secondary N) is 1. The van der Waals surface area contributed by atoms with Gasteiger partial charge in [-0.3, -0.25) is 4.79 Å². The predicted molar refractivity (Wildman–Crippen MR) is 73.1 cm³/mol. The minimum Gasteiger partial charge on any atom is -0.497 e. The van der Waals surface area contributed by atoms with Crippen LogP contribution in [0.3, 0.4) is 0 Å². The summed E-state index contributed by atoms with van der Waals surface area (Å²) in [7, 11) is 2.97. The maximum atomic E-state index is 12.0. The first-order valence-electron chi connectivity index (χ1n) is 6.23. The Morgan fingerprint density at radius 1 is 1.15 bits per heavy atom. The van der Waals surface area contributed by atoms with Gasteiger partial charge in [-0.2, -0.15) is 0 Å². The quantitative estimate of drug-likeness (QED) is 0.797. The van der Waals surface area contributed by atoms with Crippen LogP contribution in [0.25, 0.3) is 0 Å². The van der Waals surface area contributed by atoms with Gasteiger partial charge in [0.05, 0.1) is 19.8 Å². The van der Waals surface area contributed by atoms with Gasteiger partial charge in [0.25, 0.3) is 5.91 Å². The van der Waals surface area contributed by atoms with Gasteiger partial charge in [-0.25, -0.2) is 4.79 Å². The monoisotopic (exact) mass is 281 g/mol. The van der Waals surface area contributed by atoms with Crippen molar-refractivity contribution in [3.05, 3.63) is 23.8 Å². The SMILES string of the molecule is CCNC(=O)C(C)OC(=O)c1cc(OC)cc(OC)c1. The second kappa shape index (κ2) is 7.37. The van der Waals surface area contributed by atoms with Gasteiger partial charge in [0.1, 0.15) is 11.5 Å². The molecule has 0 aliphatic heterocycles. The summed E-state index contributed by atoms with van der Waals surface area (Å²) < 4.78 is 15.2. The normalized spacial score (nSPS) is 11.4. The van der Waals surface area contributed by atoms with Gasteiger partial charge in [-0.15, -0.1) is 0 Å². The number of methoxy groups -OCH3 is 2. The predicted octanol–water partition coefficient (Wildman–Crippen LogP) is 1.39. The fourth-order valence-corrected chi connectivity index (χ4v) is 1.53. The van der Waals surface area contributed by atoms with Crippen LogP contribution in [0.5, 0.6) is 11.5 Å². The Hall–Kier alpha value is -2.24. The van der Waals surface area contributed by atoms with Crippen molar-refractivity contribution < 1.29 is 23.8 Å². The minimum absolute atomic E-state index is 0.261. The highest BCUT2D eigenvalue weighted by Crippen LogP contribution is 2.23. The van der Waals surface area contributed by atoms with Gasteiger partial charge in [0.15, 0.2) is 6.10 Å². The molecule has 0 fully saturated rings. The zero-order valence-electron chi connectivity index (χ0n) is 12.1. The van der Waals surface area contributed by atoms with Crippen LogP contribution in [-0.2, 0) is 9.53 Å². The Morgan fingerprint density at radius 2 is 1.70 bits per heavy atom. The van der Waals surface area contributed by atoms with Crippen LogP contribution < -0.4 is 14.8 Å². The molecule has 0 aromatic heterocycles. The number of carbonyl (C=O) groups excluding carboxylic acids is 2. The molecule has 6 nitrogen and oxygen atoms in total. The fraction of sp³-hybridized carbons (Fsp3) is 0.429. The molecule has 0 aliphatic rings. The van der Waals surface area contributed by atoms with Crippen LogP contribution in [-0.4, -0.2) is 38.7 Å². The van der Waals surface area contributed by atoms with Crippen molar-refractivity contribution in [1.29, 1.82) is 0 Å². The molecule has 1 rings (SSSR count). The third kappa shape index (κ3) is 4.15. The van der Waals surface area contributed by atoms with E-state index in [9.17, 15) is 9.59 Å². The molecule has 0 radical (unpaired) electrons. The van der Waals surface area contributed by atoms with Crippen LogP contribution in [0, 0.1) is 0 Å². The lowest BCUT2D eigenvalue weighted by Crippen LogP contribution is -2.35. The number of carbonyl (C=O) groups is 2. The molecule has 1 unspecified atom stereocenters. The Labute approximate surface area is 118 Å². The molecule has 1 N–H and O–H groups in total. The molecule has 0 spiro atoms. The van der Waals surface area contributed by atoms with Crippen LogP contribution in [0.15, 0.2) is 18.2 Å². The molecular formula is C14H19NO5. The largest absolute Gasteiger partial charge is 0.497 e. The average molecular weight is 281 g/mol. The molecular weight excluding hydrogens is 262 g/mol. The Kier molecular flexibility index (Phi) is 5.83. The molecule has 20 heavy (non-hydrogen) atoms. The van der Waals surface area contributed by atoms with Gasteiger partial charge >= 0.3 is 5.97 Å². The summed E-state index contributed by atoms with van der Waals surface area (Å²) in [6, 6.07) is 4.69. The van der Waals surface area contributed by atoms with Crippen LogP contribution >= 0.6 is 0 Å². The smallest absolute Gasteiger partial charge is 0.339 e. The van der Waals surface area contributed by atoms with Crippen LogP contribution in [0.1, 0.15) is 24.2 Å². The molecule has 1 atom stereocenters. The molecule has 0 saturated heterocycles. The third-order valence-electron chi connectivity index (χ3n) is 2.59. The summed E-state index contributed by atoms with van der Waals surface area (Å²) in [5.74, 6) is 0.000546. The zero-order chi connectivity index (χ0) is 15.1. The van der Waals surface area contributed by atoms with E-state index in [4.69, 9.17) is 14.2 Å². The molecule has 0 saturated carbocycles. The lowest BCUT2D eigenvalue weighted by atomic mass is 10.2. The van der Waals surface area contributed by atoms with E-state index >= 15 is 0 Å². The number of likely N-dealkylation sites (N-methyl/N-ethyl adjacent to an activating group) is 1. The number of esters is 1. The number of amides is 1. The standard InChI is InChI=1S/C14H19NO5/c1-5-15-13(16)9(2)20-14(17)10-6-11(18-3)8-12(7-10)19-4/h6-9H,5H2,1-4H3,(H,15,16). The van der Waals surface area contributed by atoms with Crippen molar-refractivity contribution in [2.45, 2.75) is 20.0 Å². The van der Waals surface area contributed by atoms with E-state index in [-0.39, 0.29) is 11.5 Å². The number of ether oxygens (including phenoxy) is 3. The van der Waals surface area contributed by atoms with Gasteiger partial charge < -0.3 is 19.5 Å². The first-order chi connectivity index (χ1) is 9.51. The van der Waals surface area contributed by atoms with Gasteiger partial charge in [0.2, 0.25) is 0 Å². The van der Waals surface area contributed by atoms with Crippen molar-refractivity contribution >= 4 is 11.9 Å². The summed E-state index contributed by atoms with van der Waals surface area (Å²) in [6.45, 7) is 3.79. The van der Waals surface area contributed by atoms with Crippen molar-refractivity contribution in [2.24, 2.45) is 0 Å². The van der Waals surface area contributed by atoms with Crippen molar-refractivity contribution in [1.82, 2.24) is 5.32 Å². The van der Waals surface area contributed by atoms with Gasteiger partial charge in [0, 0.05) is 12.6 Å². The Balaban J connectivity index is 2.84. The highest BCUT2D eigenvalue weighted by Gasteiger charge is 2.19. The zero-order valence-corrected chi connectivity index (χ0v) is 12.1. The molecule has 6 heteroatoms. The highest BCUT2D eigenvalue weighted by atomic mass is 16.5. The van der Waals surface area contributed by atoms with Crippen LogP contribution in [0.4, 0.5) is 0 Å². The van der Waals surface area contributed by atoms with Crippen molar-refractivity contribution in [3.63, 3.8) is 0 Å². The first-order valence-corrected chi connectivity index (χ1v) is 6.23. The molecule has 0 aliphatic carbocycles. The second-order valence-electron chi connectivity index (χ2n) is 4.04. The summed E-state index contributed by atoms with van der Waals surface area (Å²) in [5.41, 5.74) is 0.261. The number of hydrogen-bond acceptors (Lipinski definition) is 5. The maximum Gasteiger partial charge on any atom is 0.339 e. The molecule has 1 aromatic carbocycles. The van der Waals surface area contributed by atoms with Gasteiger partial charge in [-0.1, -0.05) is 0 Å². The Bertz CT molecular complexity index is 464. The minimum atomic E-state index is -0.861. The highest BCUT2D eigenvalue weighted by molar-refractivity contribution is 5.93. The molecule has 0 bridgehead atoms. The summed E-state index contributed by atoms with van der Waals surface area (Å²) >= 11 is 0. The number of rotatable bonds is 6. The Morgan fingerprint density at radius 3 is 2.15 bits per heavy atom. The van der Waals surface area contributed by atoms with E-state index in [1.165, 1.54) is 33.3 Å². The van der Waals surface area contributed by atoms with E-state index in [0.717, 1.165) is 0 Å². The average Bonchev–Trinajstić information content (AvgIpc) is 2.46. The number of benzene rings is 1. The van der Waals surface area contributed by atoms with E-state index in [0.29, 0.717) is 18.0 Å². The van der Waals surface area contributed by atoms with E-state index in [1.54, 1.807) is 13.0 Å². The molecule has 110 valence electrons. The summed E-state index contributed by atoms with van der Waals surface area (Å²) in [4.78, 5) is 23.5. The summed E-state index contributed by atoms with van der Waals surface area (Å²) in [5, 5.41) is 2.58. The first kappa shape index (κ1) is 15.8. The van der Waals surface area contributed by atoms with E-state index in [2.05, 4.69) is 5.32 Å². The molecule has 1 amide bonds. The van der Waals surface area contributed by atoms with Crippen molar-refractivity contribution in [2.75, 3.05) is 20.8 Å². The maximum absolute atomic E-state index is 12.0. The summed E-state index contributed by atoms with van der Waals surface area (Å²) in [6.07, 6.45) is -0.861. The third-order valence-corrected chi connectivity index (χ3v) is 2.59. The topological polar surface area (TPSA) is 73.9 Å². The lowest BCUT2D eigenvalue weighted by molar-refractivity contribution is -0.128. The van der Waals surface area contributed by atoms with E-state index in [1.807, 2.05) is 0 Å². The fourth-order valence-electron chi connectivity index (χ4n) is 1.53. The van der Waals surface area contributed by atoms with Gasteiger partial charge in [-0.05, 0) is 26.0 Å².